The van der Waals surface area contributed by atoms with Crippen molar-refractivity contribution in [2.75, 3.05) is 25.0 Å². The van der Waals surface area contributed by atoms with Gasteiger partial charge in [0.2, 0.25) is 10.0 Å². The van der Waals surface area contributed by atoms with E-state index in [-0.39, 0.29) is 4.90 Å². The molecule has 1 amide bonds. The predicted octanol–water partition coefficient (Wildman–Crippen LogP) is 3.21. The quantitative estimate of drug-likeness (QED) is 0.685. The van der Waals surface area contributed by atoms with Crippen LogP contribution in [0.1, 0.15) is 45.8 Å². The van der Waals surface area contributed by atoms with Crippen LogP contribution in [-0.4, -0.2) is 44.3 Å². The first-order valence-corrected chi connectivity index (χ1v) is 12.4. The van der Waals surface area contributed by atoms with Crippen molar-refractivity contribution in [2.45, 2.75) is 43.4 Å². The van der Waals surface area contributed by atoms with Crippen LogP contribution in [-0.2, 0) is 32.4 Å². The highest BCUT2D eigenvalue weighted by molar-refractivity contribution is 7.89. The number of rotatable bonds is 6. The minimum atomic E-state index is -3.51. The molecule has 1 fully saturated rings. The van der Waals surface area contributed by atoms with Crippen molar-refractivity contribution >= 4 is 38.9 Å². The number of carbonyl (C=O) groups is 2. The number of nitrogens with one attached hydrogen (secondary N) is 1. The van der Waals surface area contributed by atoms with Gasteiger partial charge in [0.1, 0.15) is 4.88 Å². The zero-order chi connectivity index (χ0) is 21.1. The predicted molar refractivity (Wildman–Crippen MR) is 114 cm³/mol. The molecule has 0 spiro atoms. The van der Waals surface area contributed by atoms with E-state index in [9.17, 15) is 18.0 Å². The van der Waals surface area contributed by atoms with Crippen LogP contribution in [0.25, 0.3) is 0 Å². The standard InChI is InChI=1S/C21H24N2O5S2/c24-20(14-28-21(25)19-13-15-5-4-6-18(15)29-19)22-16-7-9-17(10-8-16)30(26,27)23-11-2-1-3-12-23/h7-10,13H,1-6,11-12,14H2,(H,22,24). The SMILES string of the molecule is O=C(COC(=O)c1cc2c(s1)CCC2)Nc1ccc(S(=O)(=O)N2CCCCC2)cc1. The Labute approximate surface area is 180 Å². The summed E-state index contributed by atoms with van der Waals surface area (Å²) in [6.07, 6.45) is 5.91. The molecular formula is C21H24N2O5S2. The van der Waals surface area contributed by atoms with Crippen molar-refractivity contribution < 1.29 is 22.7 Å². The second-order valence-electron chi connectivity index (χ2n) is 7.53. The van der Waals surface area contributed by atoms with Crippen molar-refractivity contribution in [3.8, 4) is 0 Å². The van der Waals surface area contributed by atoms with Gasteiger partial charge < -0.3 is 10.1 Å². The highest BCUT2D eigenvalue weighted by Gasteiger charge is 2.26. The fraction of sp³-hybridized carbons (Fsp3) is 0.429. The number of anilines is 1. The molecule has 0 atom stereocenters. The smallest absolute Gasteiger partial charge is 0.348 e. The van der Waals surface area contributed by atoms with Gasteiger partial charge in [-0.1, -0.05) is 6.42 Å². The molecule has 4 rings (SSSR count). The Bertz CT molecular complexity index is 1020. The molecular weight excluding hydrogens is 424 g/mol. The fourth-order valence-electron chi connectivity index (χ4n) is 3.79. The summed E-state index contributed by atoms with van der Waals surface area (Å²) in [5, 5.41) is 2.62. The number of benzene rings is 1. The first-order chi connectivity index (χ1) is 14.4. The molecule has 2 aliphatic rings. The van der Waals surface area contributed by atoms with Gasteiger partial charge in [-0.2, -0.15) is 4.31 Å². The van der Waals surface area contributed by atoms with Crippen LogP contribution >= 0.6 is 11.3 Å². The number of ether oxygens (including phenoxy) is 1. The van der Waals surface area contributed by atoms with Gasteiger partial charge in [0.05, 0.1) is 4.90 Å². The molecule has 30 heavy (non-hydrogen) atoms. The average Bonchev–Trinajstić information content (AvgIpc) is 3.35. The Morgan fingerprint density at radius 2 is 1.77 bits per heavy atom. The largest absolute Gasteiger partial charge is 0.451 e. The molecule has 1 N–H and O–H groups in total. The number of carbonyl (C=O) groups excluding carboxylic acids is 2. The van der Waals surface area contributed by atoms with E-state index in [4.69, 9.17) is 4.74 Å². The van der Waals surface area contributed by atoms with E-state index in [2.05, 4.69) is 5.32 Å². The van der Waals surface area contributed by atoms with Crippen molar-refractivity contribution in [2.24, 2.45) is 0 Å². The molecule has 0 saturated carbocycles. The first kappa shape index (κ1) is 21.0. The molecule has 1 aliphatic carbocycles. The Kier molecular flexibility index (Phi) is 6.21. The zero-order valence-electron chi connectivity index (χ0n) is 16.6. The Balaban J connectivity index is 1.30. The third kappa shape index (κ3) is 4.58. The molecule has 1 aromatic heterocycles. The lowest BCUT2D eigenvalue weighted by atomic mass is 10.2. The fourth-order valence-corrected chi connectivity index (χ4v) is 6.46. The third-order valence-electron chi connectivity index (χ3n) is 5.37. The number of piperidine rings is 1. The minimum absolute atomic E-state index is 0.208. The van der Waals surface area contributed by atoms with E-state index in [1.54, 1.807) is 12.1 Å². The van der Waals surface area contributed by atoms with Crippen LogP contribution in [0.15, 0.2) is 35.2 Å². The lowest BCUT2D eigenvalue weighted by Gasteiger charge is -2.25. The van der Waals surface area contributed by atoms with E-state index in [1.165, 1.54) is 38.2 Å². The molecule has 0 bridgehead atoms. The molecule has 2 heterocycles. The van der Waals surface area contributed by atoms with E-state index < -0.39 is 28.5 Å². The van der Waals surface area contributed by atoms with Crippen LogP contribution in [0.4, 0.5) is 5.69 Å². The number of hydrogen-bond donors (Lipinski definition) is 1. The van der Waals surface area contributed by atoms with Crippen molar-refractivity contribution in [1.29, 1.82) is 0 Å². The van der Waals surface area contributed by atoms with Gasteiger partial charge in [0.25, 0.3) is 5.91 Å². The summed E-state index contributed by atoms with van der Waals surface area (Å²) in [4.78, 5) is 26.2. The van der Waals surface area contributed by atoms with Crippen molar-refractivity contribution in [3.05, 3.63) is 45.6 Å². The van der Waals surface area contributed by atoms with Gasteiger partial charge in [-0.3, -0.25) is 4.79 Å². The molecule has 1 saturated heterocycles. The van der Waals surface area contributed by atoms with Gasteiger partial charge in [-0.05, 0) is 68.0 Å². The van der Waals surface area contributed by atoms with Crippen LogP contribution in [0.3, 0.4) is 0 Å². The maximum atomic E-state index is 12.7. The van der Waals surface area contributed by atoms with E-state index in [0.717, 1.165) is 38.5 Å². The van der Waals surface area contributed by atoms with Gasteiger partial charge >= 0.3 is 5.97 Å². The monoisotopic (exact) mass is 448 g/mol. The number of esters is 1. The summed E-state index contributed by atoms with van der Waals surface area (Å²) in [5.41, 5.74) is 1.65. The summed E-state index contributed by atoms with van der Waals surface area (Å²) in [6, 6.07) is 7.91. The van der Waals surface area contributed by atoms with E-state index in [0.29, 0.717) is 23.7 Å². The summed E-state index contributed by atoms with van der Waals surface area (Å²) < 4.78 is 32.0. The maximum absolute atomic E-state index is 12.7. The molecule has 1 aliphatic heterocycles. The molecule has 9 heteroatoms. The zero-order valence-corrected chi connectivity index (χ0v) is 18.2. The Hall–Kier alpha value is -2.23. The number of hydrogen-bond acceptors (Lipinski definition) is 6. The van der Waals surface area contributed by atoms with E-state index >= 15 is 0 Å². The molecule has 2 aromatic rings. The Morgan fingerprint density at radius 3 is 2.47 bits per heavy atom. The van der Waals surface area contributed by atoms with Crippen LogP contribution in [0, 0.1) is 0 Å². The number of sulfonamides is 1. The number of nitrogens with zero attached hydrogens (tertiary/aromatic N) is 1. The molecule has 160 valence electrons. The normalized spacial score (nSPS) is 16.8. The van der Waals surface area contributed by atoms with Gasteiger partial charge in [0, 0.05) is 23.7 Å². The number of aryl methyl sites for hydroxylation is 2. The second kappa shape index (κ2) is 8.87. The Morgan fingerprint density at radius 1 is 1.03 bits per heavy atom. The summed E-state index contributed by atoms with van der Waals surface area (Å²) in [5.74, 6) is -0.966. The van der Waals surface area contributed by atoms with Crippen molar-refractivity contribution in [3.63, 3.8) is 0 Å². The van der Waals surface area contributed by atoms with Gasteiger partial charge in [-0.15, -0.1) is 11.3 Å². The van der Waals surface area contributed by atoms with E-state index in [1.807, 2.05) is 6.07 Å². The second-order valence-corrected chi connectivity index (χ2v) is 10.6. The third-order valence-corrected chi connectivity index (χ3v) is 8.50. The lowest BCUT2D eigenvalue weighted by Crippen LogP contribution is -2.35. The van der Waals surface area contributed by atoms with Gasteiger partial charge in [-0.25, -0.2) is 13.2 Å². The topological polar surface area (TPSA) is 92.8 Å². The maximum Gasteiger partial charge on any atom is 0.348 e. The average molecular weight is 449 g/mol. The number of amides is 1. The molecule has 0 radical (unpaired) electrons. The van der Waals surface area contributed by atoms with Crippen LogP contribution in [0.5, 0.6) is 0 Å². The summed E-state index contributed by atoms with van der Waals surface area (Å²) >= 11 is 1.43. The van der Waals surface area contributed by atoms with Gasteiger partial charge in [0.15, 0.2) is 6.61 Å². The molecule has 1 aromatic carbocycles. The molecule has 7 nitrogen and oxygen atoms in total. The highest BCUT2D eigenvalue weighted by atomic mass is 32.2. The summed E-state index contributed by atoms with van der Waals surface area (Å²) in [7, 11) is -3.51. The van der Waals surface area contributed by atoms with Crippen molar-refractivity contribution in [1.82, 2.24) is 4.31 Å². The van der Waals surface area contributed by atoms with Crippen LogP contribution in [0.2, 0.25) is 0 Å². The minimum Gasteiger partial charge on any atom is -0.451 e. The molecule has 0 unspecified atom stereocenters. The number of thiophene rings is 1. The highest BCUT2D eigenvalue weighted by Crippen LogP contribution is 2.31. The lowest BCUT2D eigenvalue weighted by molar-refractivity contribution is -0.119. The number of fused-ring (bicyclic) bond motifs is 1. The first-order valence-electron chi connectivity index (χ1n) is 10.1. The van der Waals surface area contributed by atoms with Crippen LogP contribution < -0.4 is 5.32 Å². The summed E-state index contributed by atoms with van der Waals surface area (Å²) in [6.45, 7) is 0.689.